The molecule has 0 spiro atoms. The van der Waals surface area contributed by atoms with Crippen LogP contribution >= 0.6 is 0 Å². The van der Waals surface area contributed by atoms with Crippen LogP contribution in [0.15, 0.2) is 24.8 Å². The van der Waals surface area contributed by atoms with Crippen LogP contribution in [-0.2, 0) is 4.43 Å². The molecular formula is C9H18OSi. The molecule has 0 heterocycles. The van der Waals surface area contributed by atoms with Gasteiger partial charge in [-0.25, -0.2) is 0 Å². The fraction of sp³-hybridized carbons (Fsp3) is 0.556. The summed E-state index contributed by atoms with van der Waals surface area (Å²) in [5.74, 6) is 0. The number of hydrogen-bond donors (Lipinski definition) is 0. The number of rotatable bonds is 5. The van der Waals surface area contributed by atoms with Crippen molar-refractivity contribution in [1.29, 1.82) is 0 Å². The zero-order chi connectivity index (χ0) is 8.74. The fourth-order valence-electron chi connectivity index (χ4n) is 0.626. The third-order valence-electron chi connectivity index (χ3n) is 1.09. The van der Waals surface area contributed by atoms with E-state index in [2.05, 4.69) is 32.3 Å². The molecule has 0 N–H and O–H groups in total. The van der Waals surface area contributed by atoms with Crippen LogP contribution in [0.5, 0.6) is 0 Å². The zero-order valence-electron chi connectivity index (χ0n) is 7.76. The lowest BCUT2D eigenvalue weighted by Crippen LogP contribution is -2.25. The lowest BCUT2D eigenvalue weighted by Gasteiger charge is -2.15. The first-order valence-electron chi connectivity index (χ1n) is 3.98. The van der Waals surface area contributed by atoms with Crippen molar-refractivity contribution in [3.05, 3.63) is 24.8 Å². The summed E-state index contributed by atoms with van der Waals surface area (Å²) in [6.07, 6.45) is 6.81. The minimum absolute atomic E-state index is 0.847. The van der Waals surface area contributed by atoms with E-state index in [0.29, 0.717) is 0 Å². The summed E-state index contributed by atoms with van der Waals surface area (Å²) in [5, 5.41) is 0. The van der Waals surface area contributed by atoms with Gasteiger partial charge in [-0.1, -0.05) is 24.8 Å². The maximum Gasteiger partial charge on any atom is 0.183 e. The highest BCUT2D eigenvalue weighted by Crippen LogP contribution is 2.02. The molecule has 2 heteroatoms. The van der Waals surface area contributed by atoms with E-state index in [1.54, 1.807) is 6.08 Å². The molecule has 1 nitrogen and oxygen atoms in total. The van der Waals surface area contributed by atoms with Crippen molar-refractivity contribution < 1.29 is 4.43 Å². The van der Waals surface area contributed by atoms with Crippen LogP contribution in [0.2, 0.25) is 19.6 Å². The Hall–Kier alpha value is -0.343. The van der Waals surface area contributed by atoms with Gasteiger partial charge in [-0.05, 0) is 26.1 Å². The summed E-state index contributed by atoms with van der Waals surface area (Å²) < 4.78 is 5.63. The van der Waals surface area contributed by atoms with E-state index in [4.69, 9.17) is 4.43 Å². The largest absolute Gasteiger partial charge is 0.417 e. The maximum absolute atomic E-state index is 5.63. The van der Waals surface area contributed by atoms with Gasteiger partial charge >= 0.3 is 0 Å². The molecule has 0 fully saturated rings. The summed E-state index contributed by atoms with van der Waals surface area (Å²) in [4.78, 5) is 0. The van der Waals surface area contributed by atoms with Crippen LogP contribution in [0.1, 0.15) is 6.42 Å². The summed E-state index contributed by atoms with van der Waals surface area (Å²) in [6.45, 7) is 11.0. The molecule has 11 heavy (non-hydrogen) atoms. The average molecular weight is 170 g/mol. The molecule has 0 atom stereocenters. The van der Waals surface area contributed by atoms with Gasteiger partial charge in [-0.3, -0.25) is 0 Å². The second-order valence-corrected chi connectivity index (χ2v) is 7.93. The maximum atomic E-state index is 5.63. The van der Waals surface area contributed by atoms with Gasteiger partial charge in [0.05, 0.1) is 0 Å². The molecule has 64 valence electrons. The van der Waals surface area contributed by atoms with Gasteiger partial charge in [-0.2, -0.15) is 0 Å². The van der Waals surface area contributed by atoms with Crippen molar-refractivity contribution >= 4 is 8.32 Å². The molecule has 0 amide bonds. The van der Waals surface area contributed by atoms with Crippen molar-refractivity contribution in [2.24, 2.45) is 0 Å². The highest BCUT2D eigenvalue weighted by atomic mass is 28.4. The zero-order valence-corrected chi connectivity index (χ0v) is 8.76. The summed E-state index contributed by atoms with van der Waals surface area (Å²) in [7, 11) is -1.28. The minimum Gasteiger partial charge on any atom is -0.417 e. The van der Waals surface area contributed by atoms with E-state index in [0.717, 1.165) is 13.0 Å². The van der Waals surface area contributed by atoms with Gasteiger partial charge < -0.3 is 4.43 Å². The summed E-state index contributed by atoms with van der Waals surface area (Å²) in [6, 6.07) is 0. The van der Waals surface area contributed by atoms with E-state index in [9.17, 15) is 0 Å². The fourth-order valence-corrected chi connectivity index (χ4v) is 1.36. The third kappa shape index (κ3) is 9.66. The summed E-state index contributed by atoms with van der Waals surface area (Å²) in [5.41, 5.74) is 0. The van der Waals surface area contributed by atoms with E-state index in [1.807, 2.05) is 6.08 Å². The van der Waals surface area contributed by atoms with Gasteiger partial charge in [0.1, 0.15) is 0 Å². The Morgan fingerprint density at radius 1 is 1.36 bits per heavy atom. The minimum atomic E-state index is -1.28. The Labute approximate surface area is 70.9 Å². The topological polar surface area (TPSA) is 9.23 Å². The van der Waals surface area contributed by atoms with Gasteiger partial charge in [0.2, 0.25) is 0 Å². The Bertz CT molecular complexity index is 133. The average Bonchev–Trinajstić information content (AvgIpc) is 1.85. The first kappa shape index (κ1) is 10.7. The molecular weight excluding hydrogens is 152 g/mol. The molecule has 0 rings (SSSR count). The number of allylic oxidation sites excluding steroid dienone is 2. The summed E-state index contributed by atoms with van der Waals surface area (Å²) >= 11 is 0. The highest BCUT2D eigenvalue weighted by molar-refractivity contribution is 6.69. The van der Waals surface area contributed by atoms with Gasteiger partial charge in [0.15, 0.2) is 8.32 Å². The van der Waals surface area contributed by atoms with Gasteiger partial charge in [-0.15, -0.1) is 0 Å². The molecule has 0 aromatic heterocycles. The van der Waals surface area contributed by atoms with Crippen molar-refractivity contribution in [3.8, 4) is 0 Å². The Kier molecular flexibility index (Phi) is 5.16. The first-order valence-corrected chi connectivity index (χ1v) is 7.38. The SMILES string of the molecule is C=C/C=C/CCO[Si](C)(C)C. The second-order valence-electron chi connectivity index (χ2n) is 3.41. The lowest BCUT2D eigenvalue weighted by atomic mass is 10.4. The Balaban J connectivity index is 3.28. The third-order valence-corrected chi connectivity index (χ3v) is 2.16. The van der Waals surface area contributed by atoms with E-state index >= 15 is 0 Å². The number of hydrogen-bond acceptors (Lipinski definition) is 1. The molecule has 0 aromatic carbocycles. The monoisotopic (exact) mass is 170 g/mol. The van der Waals surface area contributed by atoms with Crippen molar-refractivity contribution in [1.82, 2.24) is 0 Å². The molecule has 0 unspecified atom stereocenters. The van der Waals surface area contributed by atoms with E-state index in [1.165, 1.54) is 0 Å². The second kappa shape index (κ2) is 5.33. The van der Waals surface area contributed by atoms with Crippen molar-refractivity contribution in [2.45, 2.75) is 26.1 Å². The van der Waals surface area contributed by atoms with Crippen LogP contribution in [0.4, 0.5) is 0 Å². The molecule has 0 saturated carbocycles. The molecule has 0 aliphatic carbocycles. The van der Waals surface area contributed by atoms with Crippen LogP contribution in [-0.4, -0.2) is 14.9 Å². The smallest absolute Gasteiger partial charge is 0.183 e. The van der Waals surface area contributed by atoms with Crippen molar-refractivity contribution in [3.63, 3.8) is 0 Å². The predicted molar refractivity (Wildman–Crippen MR) is 53.3 cm³/mol. The normalized spacial score (nSPS) is 12.3. The first-order chi connectivity index (χ1) is 5.06. The van der Waals surface area contributed by atoms with Crippen LogP contribution in [0, 0.1) is 0 Å². The lowest BCUT2D eigenvalue weighted by molar-refractivity contribution is 0.319. The molecule has 0 aliphatic rings. The van der Waals surface area contributed by atoms with Crippen LogP contribution < -0.4 is 0 Å². The van der Waals surface area contributed by atoms with E-state index < -0.39 is 8.32 Å². The van der Waals surface area contributed by atoms with E-state index in [-0.39, 0.29) is 0 Å². The molecule has 0 bridgehead atoms. The van der Waals surface area contributed by atoms with Crippen LogP contribution in [0.25, 0.3) is 0 Å². The van der Waals surface area contributed by atoms with Gasteiger partial charge in [0, 0.05) is 6.61 Å². The standard InChI is InChI=1S/C9H18OSi/c1-5-6-7-8-9-10-11(2,3)4/h5-7H,1,8-9H2,2-4H3/b7-6+. The van der Waals surface area contributed by atoms with Crippen LogP contribution in [0.3, 0.4) is 0 Å². The molecule has 0 aliphatic heterocycles. The highest BCUT2D eigenvalue weighted by Gasteiger charge is 2.12. The molecule has 0 aromatic rings. The Morgan fingerprint density at radius 3 is 2.45 bits per heavy atom. The predicted octanol–water partition coefficient (Wildman–Crippen LogP) is 2.97. The quantitative estimate of drug-likeness (QED) is 0.350. The van der Waals surface area contributed by atoms with Crippen molar-refractivity contribution in [2.75, 3.05) is 6.61 Å². The molecule has 0 radical (unpaired) electrons. The van der Waals surface area contributed by atoms with Gasteiger partial charge in [0.25, 0.3) is 0 Å². The Morgan fingerprint density at radius 2 is 2.00 bits per heavy atom. The molecule has 0 saturated heterocycles.